The fraction of sp³-hybridized carbons (Fsp3) is 0.250. The average molecular weight is 366 g/mol. The molecule has 0 bridgehead atoms. The Morgan fingerprint density at radius 1 is 1.26 bits per heavy atom. The molecule has 3 rings (SSSR count). The Labute approximate surface area is 158 Å². The summed E-state index contributed by atoms with van der Waals surface area (Å²) in [5.41, 5.74) is 6.32. The summed E-state index contributed by atoms with van der Waals surface area (Å²) in [5, 5.41) is 15.4. The highest BCUT2D eigenvalue weighted by Gasteiger charge is 2.37. The summed E-state index contributed by atoms with van der Waals surface area (Å²) in [6.07, 6.45) is 3.54. The molecule has 0 amide bonds. The highest BCUT2D eigenvalue weighted by molar-refractivity contribution is 5.80. The number of hydrazone groups is 1. The Morgan fingerprint density at radius 3 is 2.67 bits per heavy atom. The second-order valence-electron chi connectivity index (χ2n) is 6.78. The van der Waals surface area contributed by atoms with Gasteiger partial charge in [-0.15, -0.1) is 0 Å². The van der Waals surface area contributed by atoms with Crippen LogP contribution in [-0.4, -0.2) is 25.3 Å². The van der Waals surface area contributed by atoms with Crippen molar-refractivity contribution in [3.8, 4) is 5.75 Å². The third-order valence-electron chi connectivity index (χ3n) is 4.83. The summed E-state index contributed by atoms with van der Waals surface area (Å²) in [7, 11) is 3.49. The molecule has 2 aromatic rings. The van der Waals surface area contributed by atoms with Crippen molar-refractivity contribution in [3.63, 3.8) is 0 Å². The van der Waals surface area contributed by atoms with Gasteiger partial charge < -0.3 is 9.64 Å². The average Bonchev–Trinajstić information content (AvgIpc) is 2.85. The molecule has 0 aliphatic carbocycles. The zero-order valence-corrected chi connectivity index (χ0v) is 15.8. The summed E-state index contributed by atoms with van der Waals surface area (Å²) in [6.45, 7) is 4.33. The summed E-state index contributed by atoms with van der Waals surface area (Å²) in [5.74, 6) is 0.422. The number of nitrogens with zero attached hydrogens (tertiary/aromatic N) is 3. The van der Waals surface area contributed by atoms with Crippen molar-refractivity contribution in [2.75, 3.05) is 24.5 Å². The standard InChI is InChI=1S/C20H22N4O3/c1-20(2)15-7-5-6-8-17(15)23(3)19(20)11-12-21-22-16-10-9-14(27-4)13-18(16)24(25)26/h5-13,22H,1-4H3/b19-11+,21-12-. The number of allylic oxidation sites excluding steroid dienone is 2. The predicted octanol–water partition coefficient (Wildman–Crippen LogP) is 4.31. The number of ether oxygens (including phenoxy) is 1. The van der Waals surface area contributed by atoms with E-state index in [-0.39, 0.29) is 11.1 Å². The summed E-state index contributed by atoms with van der Waals surface area (Å²) in [4.78, 5) is 12.9. The Balaban J connectivity index is 1.82. The van der Waals surface area contributed by atoms with Gasteiger partial charge in [0.2, 0.25) is 0 Å². The first kappa shape index (κ1) is 18.4. The lowest BCUT2D eigenvalue weighted by molar-refractivity contribution is -0.384. The molecular weight excluding hydrogens is 344 g/mol. The zero-order chi connectivity index (χ0) is 19.6. The quantitative estimate of drug-likeness (QED) is 0.484. The highest BCUT2D eigenvalue weighted by Crippen LogP contribution is 2.46. The maximum Gasteiger partial charge on any atom is 0.297 e. The Kier molecular flexibility index (Phi) is 4.85. The van der Waals surface area contributed by atoms with Crippen LogP contribution >= 0.6 is 0 Å². The molecule has 0 spiro atoms. The first-order valence-corrected chi connectivity index (χ1v) is 8.51. The molecule has 1 N–H and O–H groups in total. The number of hydrogen-bond donors (Lipinski definition) is 1. The molecule has 0 saturated heterocycles. The van der Waals surface area contributed by atoms with Crippen LogP contribution in [0.5, 0.6) is 5.75 Å². The fourth-order valence-corrected chi connectivity index (χ4v) is 3.40. The van der Waals surface area contributed by atoms with Crippen LogP contribution < -0.4 is 15.1 Å². The molecular formula is C20H22N4O3. The predicted molar refractivity (Wildman–Crippen MR) is 108 cm³/mol. The number of anilines is 2. The van der Waals surface area contributed by atoms with Gasteiger partial charge >= 0.3 is 0 Å². The number of rotatable bonds is 5. The second-order valence-corrected chi connectivity index (χ2v) is 6.78. The number of fused-ring (bicyclic) bond motifs is 1. The van der Waals surface area contributed by atoms with E-state index in [0.29, 0.717) is 11.4 Å². The van der Waals surface area contributed by atoms with Gasteiger partial charge in [-0.25, -0.2) is 0 Å². The molecule has 1 aliphatic heterocycles. The van der Waals surface area contributed by atoms with Crippen LogP contribution in [0, 0.1) is 10.1 Å². The van der Waals surface area contributed by atoms with Gasteiger partial charge in [0.1, 0.15) is 11.4 Å². The van der Waals surface area contributed by atoms with Crippen molar-refractivity contribution in [2.24, 2.45) is 5.10 Å². The van der Waals surface area contributed by atoms with Crippen molar-refractivity contribution >= 4 is 23.3 Å². The molecule has 1 aliphatic rings. The van der Waals surface area contributed by atoms with Gasteiger partial charge in [-0.05, 0) is 29.8 Å². The Bertz CT molecular complexity index is 935. The third kappa shape index (κ3) is 3.36. The Morgan fingerprint density at radius 2 is 2.00 bits per heavy atom. The monoisotopic (exact) mass is 366 g/mol. The molecule has 0 radical (unpaired) electrons. The third-order valence-corrected chi connectivity index (χ3v) is 4.83. The minimum Gasteiger partial charge on any atom is -0.496 e. The van der Waals surface area contributed by atoms with E-state index in [0.717, 1.165) is 5.70 Å². The molecule has 7 nitrogen and oxygen atoms in total. The first-order valence-electron chi connectivity index (χ1n) is 8.51. The number of benzene rings is 2. The van der Waals surface area contributed by atoms with Crippen LogP contribution in [0.25, 0.3) is 0 Å². The van der Waals surface area contributed by atoms with Gasteiger partial charge in [0.25, 0.3) is 5.69 Å². The van der Waals surface area contributed by atoms with E-state index < -0.39 is 4.92 Å². The number of hydrogen-bond acceptors (Lipinski definition) is 6. The van der Waals surface area contributed by atoms with Gasteiger partial charge in [-0.2, -0.15) is 5.10 Å². The topological polar surface area (TPSA) is 80.0 Å². The molecule has 1 heterocycles. The van der Waals surface area contributed by atoms with Gasteiger partial charge in [0.05, 0.1) is 18.1 Å². The van der Waals surface area contributed by atoms with E-state index >= 15 is 0 Å². The normalized spacial score (nSPS) is 16.6. The van der Waals surface area contributed by atoms with Gasteiger partial charge in [0.15, 0.2) is 0 Å². The van der Waals surface area contributed by atoms with Crippen LogP contribution in [-0.2, 0) is 5.41 Å². The molecule has 0 fully saturated rings. The largest absolute Gasteiger partial charge is 0.496 e. The van der Waals surface area contributed by atoms with Crippen molar-refractivity contribution in [1.82, 2.24) is 0 Å². The van der Waals surface area contributed by atoms with E-state index in [2.05, 4.69) is 41.4 Å². The van der Waals surface area contributed by atoms with Gasteiger partial charge in [-0.3, -0.25) is 15.5 Å². The van der Waals surface area contributed by atoms with Crippen molar-refractivity contribution in [2.45, 2.75) is 19.3 Å². The highest BCUT2D eigenvalue weighted by atomic mass is 16.6. The van der Waals surface area contributed by atoms with E-state index in [4.69, 9.17) is 4.74 Å². The van der Waals surface area contributed by atoms with E-state index in [1.54, 1.807) is 18.3 Å². The van der Waals surface area contributed by atoms with Crippen LogP contribution in [0.2, 0.25) is 0 Å². The lowest BCUT2D eigenvalue weighted by Gasteiger charge is -2.23. The SMILES string of the molecule is COc1ccc(N/N=C\C=C2\N(C)c3ccccc3C2(C)C)c([N+](=O)[O-])c1. The number of nitro groups is 1. The summed E-state index contributed by atoms with van der Waals surface area (Å²) in [6, 6.07) is 12.9. The van der Waals surface area contributed by atoms with Crippen LogP contribution in [0.3, 0.4) is 0 Å². The van der Waals surface area contributed by atoms with Gasteiger partial charge in [-0.1, -0.05) is 32.0 Å². The molecule has 0 saturated carbocycles. The molecule has 27 heavy (non-hydrogen) atoms. The smallest absolute Gasteiger partial charge is 0.297 e. The number of para-hydroxylation sites is 1. The minimum atomic E-state index is -0.469. The molecule has 7 heteroatoms. The molecule has 0 unspecified atom stereocenters. The number of likely N-dealkylation sites (N-methyl/N-ethyl adjacent to an activating group) is 1. The summed E-state index contributed by atoms with van der Waals surface area (Å²) >= 11 is 0. The first-order chi connectivity index (χ1) is 12.9. The molecule has 2 aromatic carbocycles. The fourth-order valence-electron chi connectivity index (χ4n) is 3.40. The van der Waals surface area contributed by atoms with Crippen LogP contribution in [0.15, 0.2) is 59.3 Å². The van der Waals surface area contributed by atoms with Gasteiger partial charge in [0, 0.05) is 30.1 Å². The minimum absolute atomic E-state index is 0.0927. The Hall–Kier alpha value is -3.35. The number of methoxy groups -OCH3 is 1. The van der Waals surface area contributed by atoms with Crippen molar-refractivity contribution < 1.29 is 9.66 Å². The summed E-state index contributed by atoms with van der Waals surface area (Å²) < 4.78 is 5.03. The van der Waals surface area contributed by atoms with Crippen LogP contribution in [0.4, 0.5) is 17.1 Å². The molecule has 140 valence electrons. The van der Waals surface area contributed by atoms with E-state index in [9.17, 15) is 10.1 Å². The lowest BCUT2D eigenvalue weighted by atomic mass is 9.84. The zero-order valence-electron chi connectivity index (χ0n) is 15.8. The number of nitrogens with one attached hydrogen (secondary N) is 1. The van der Waals surface area contributed by atoms with E-state index in [1.807, 2.05) is 25.3 Å². The van der Waals surface area contributed by atoms with Crippen molar-refractivity contribution in [1.29, 1.82) is 0 Å². The second kappa shape index (κ2) is 7.11. The lowest BCUT2D eigenvalue weighted by Crippen LogP contribution is -2.23. The maximum absolute atomic E-state index is 11.2. The van der Waals surface area contributed by atoms with Crippen molar-refractivity contribution in [3.05, 3.63) is 69.9 Å². The molecule has 0 atom stereocenters. The maximum atomic E-state index is 11.2. The van der Waals surface area contributed by atoms with Crippen LogP contribution in [0.1, 0.15) is 19.4 Å². The van der Waals surface area contributed by atoms with E-state index in [1.165, 1.54) is 24.4 Å². The molecule has 0 aromatic heterocycles. The number of nitro benzene ring substituents is 1.